The van der Waals surface area contributed by atoms with Crippen LogP contribution in [0.3, 0.4) is 0 Å². The number of halogens is 1. The summed E-state index contributed by atoms with van der Waals surface area (Å²) in [6.07, 6.45) is 7.60. The van der Waals surface area contributed by atoms with Gasteiger partial charge in [0.1, 0.15) is 5.75 Å². The van der Waals surface area contributed by atoms with Crippen LogP contribution in [0.25, 0.3) is 10.9 Å². The van der Waals surface area contributed by atoms with E-state index in [1.165, 1.54) is 25.7 Å². The lowest BCUT2D eigenvalue weighted by molar-refractivity contribution is 0.0574. The van der Waals surface area contributed by atoms with Crippen LogP contribution in [0, 0.1) is 11.3 Å². The van der Waals surface area contributed by atoms with Gasteiger partial charge in [0.2, 0.25) is 0 Å². The monoisotopic (exact) mass is 531 g/mol. The standard InChI is InChI=1S/C30H34ClN5O2/c1-3-22-14-21(17-32)15-24-28(22)34-19-25(29(24)33-18-20-8-9-27(38-2)26(31)16-20)30(37)36-12-10-35(11-13-36)23-6-4-5-7-23/h8-9,14-16,19,23H,3-7,10-13,18H2,1-2H3,(H,33,34). The topological polar surface area (TPSA) is 81.5 Å². The van der Waals surface area contributed by atoms with Crippen molar-refractivity contribution >= 4 is 34.1 Å². The predicted octanol–water partition coefficient (Wildman–Crippen LogP) is 5.64. The smallest absolute Gasteiger partial charge is 0.257 e. The fraction of sp³-hybridized carbons (Fsp3) is 0.433. The van der Waals surface area contributed by atoms with Crippen LogP contribution < -0.4 is 10.1 Å². The Morgan fingerprint density at radius 2 is 1.95 bits per heavy atom. The van der Waals surface area contributed by atoms with Crippen molar-refractivity contribution < 1.29 is 9.53 Å². The molecule has 7 nitrogen and oxygen atoms in total. The Morgan fingerprint density at radius 1 is 1.18 bits per heavy atom. The van der Waals surface area contributed by atoms with Gasteiger partial charge in [-0.05, 0) is 54.7 Å². The van der Waals surface area contributed by atoms with E-state index in [1.54, 1.807) is 13.3 Å². The normalized spacial score (nSPS) is 16.5. The van der Waals surface area contributed by atoms with E-state index in [4.69, 9.17) is 21.3 Å². The summed E-state index contributed by atoms with van der Waals surface area (Å²) >= 11 is 6.36. The molecule has 0 radical (unpaired) electrons. The lowest BCUT2D eigenvalue weighted by Crippen LogP contribution is -2.51. The number of hydrogen-bond acceptors (Lipinski definition) is 6. The molecule has 2 aliphatic rings. The summed E-state index contributed by atoms with van der Waals surface area (Å²) in [7, 11) is 1.59. The van der Waals surface area contributed by atoms with Crippen LogP contribution in [-0.2, 0) is 13.0 Å². The summed E-state index contributed by atoms with van der Waals surface area (Å²) in [6.45, 7) is 5.73. The van der Waals surface area contributed by atoms with Gasteiger partial charge in [0.15, 0.2) is 0 Å². The van der Waals surface area contributed by atoms with Gasteiger partial charge in [-0.1, -0.05) is 37.4 Å². The van der Waals surface area contributed by atoms with Crippen molar-refractivity contribution in [3.05, 3.63) is 63.8 Å². The minimum absolute atomic E-state index is 0.0267. The Kier molecular flexibility index (Phi) is 8.01. The van der Waals surface area contributed by atoms with E-state index in [0.29, 0.717) is 53.3 Å². The molecule has 0 atom stereocenters. The number of nitrogens with zero attached hydrogens (tertiary/aromatic N) is 4. The average molecular weight is 532 g/mol. The van der Waals surface area contributed by atoms with E-state index in [9.17, 15) is 10.1 Å². The second-order valence-electron chi connectivity index (χ2n) is 10.1. The van der Waals surface area contributed by atoms with Gasteiger partial charge in [-0.2, -0.15) is 5.26 Å². The molecule has 0 spiro atoms. The Bertz CT molecular complexity index is 1370. The Balaban J connectivity index is 1.47. The highest BCUT2D eigenvalue weighted by atomic mass is 35.5. The number of fused-ring (bicyclic) bond motifs is 1. The van der Waals surface area contributed by atoms with Crippen molar-refractivity contribution in [3.8, 4) is 11.8 Å². The highest BCUT2D eigenvalue weighted by Crippen LogP contribution is 2.32. The van der Waals surface area contributed by atoms with E-state index >= 15 is 0 Å². The lowest BCUT2D eigenvalue weighted by Gasteiger charge is -2.38. The van der Waals surface area contributed by atoms with E-state index in [2.05, 4.69) is 16.3 Å². The van der Waals surface area contributed by atoms with Crippen molar-refractivity contribution in [1.82, 2.24) is 14.8 Å². The maximum absolute atomic E-state index is 13.9. The van der Waals surface area contributed by atoms with Crippen LogP contribution in [0.1, 0.15) is 59.7 Å². The number of nitrogens with one attached hydrogen (secondary N) is 1. The minimum atomic E-state index is -0.0267. The second kappa shape index (κ2) is 11.6. The first kappa shape index (κ1) is 26.3. The van der Waals surface area contributed by atoms with Crippen molar-refractivity contribution in [2.75, 3.05) is 38.6 Å². The third-order valence-corrected chi connectivity index (χ3v) is 8.21. The van der Waals surface area contributed by atoms with Crippen LogP contribution >= 0.6 is 11.6 Å². The summed E-state index contributed by atoms with van der Waals surface area (Å²) in [4.78, 5) is 23.1. The molecule has 5 rings (SSSR count). The zero-order valence-corrected chi connectivity index (χ0v) is 22.9. The molecule has 1 aliphatic carbocycles. The molecule has 1 saturated heterocycles. The van der Waals surface area contributed by atoms with E-state index in [-0.39, 0.29) is 5.91 Å². The average Bonchev–Trinajstić information content (AvgIpc) is 3.50. The molecule has 2 fully saturated rings. The molecule has 1 N–H and O–H groups in total. The summed E-state index contributed by atoms with van der Waals surface area (Å²) in [5.74, 6) is 0.588. The number of methoxy groups -OCH3 is 1. The van der Waals surface area contributed by atoms with Gasteiger partial charge in [0.25, 0.3) is 5.91 Å². The first-order valence-corrected chi connectivity index (χ1v) is 13.9. The number of carbonyl (C=O) groups excluding carboxylic acids is 1. The highest BCUT2D eigenvalue weighted by molar-refractivity contribution is 6.32. The molecule has 3 aromatic rings. The number of aromatic nitrogens is 1. The number of aryl methyl sites for hydroxylation is 1. The molecule has 1 saturated carbocycles. The molecule has 2 aromatic carbocycles. The van der Waals surface area contributed by atoms with E-state index < -0.39 is 0 Å². The van der Waals surface area contributed by atoms with Gasteiger partial charge in [-0.3, -0.25) is 14.7 Å². The maximum atomic E-state index is 13.9. The Morgan fingerprint density at radius 3 is 2.61 bits per heavy atom. The van der Waals surface area contributed by atoms with Crippen molar-refractivity contribution in [3.63, 3.8) is 0 Å². The van der Waals surface area contributed by atoms with E-state index in [0.717, 1.165) is 41.5 Å². The van der Waals surface area contributed by atoms with Crippen LogP contribution in [0.15, 0.2) is 36.5 Å². The fourth-order valence-corrected chi connectivity index (χ4v) is 6.08. The molecular formula is C30H34ClN5O2. The fourth-order valence-electron chi connectivity index (χ4n) is 5.80. The number of pyridine rings is 1. The summed E-state index contributed by atoms with van der Waals surface area (Å²) in [6, 6.07) is 12.3. The second-order valence-corrected chi connectivity index (χ2v) is 10.5. The molecule has 2 heterocycles. The van der Waals surface area contributed by atoms with Gasteiger partial charge < -0.3 is 15.0 Å². The molecule has 1 aromatic heterocycles. The SMILES string of the molecule is CCc1cc(C#N)cc2c(NCc3ccc(OC)c(Cl)c3)c(C(=O)N3CCN(C4CCCC4)CC3)cnc12. The molecular weight excluding hydrogens is 498 g/mol. The number of benzene rings is 2. The zero-order valence-electron chi connectivity index (χ0n) is 22.1. The summed E-state index contributed by atoms with van der Waals surface area (Å²) in [5.41, 5.74) is 4.54. The number of ether oxygens (including phenoxy) is 1. The quantitative estimate of drug-likeness (QED) is 0.424. The van der Waals surface area contributed by atoms with Crippen LogP contribution in [0.5, 0.6) is 5.75 Å². The van der Waals surface area contributed by atoms with Gasteiger partial charge in [0, 0.05) is 50.3 Å². The third kappa shape index (κ3) is 5.29. The van der Waals surface area contributed by atoms with Gasteiger partial charge in [0.05, 0.1) is 40.5 Å². The first-order valence-electron chi connectivity index (χ1n) is 13.5. The van der Waals surface area contributed by atoms with Gasteiger partial charge in [-0.15, -0.1) is 0 Å². The first-order chi connectivity index (χ1) is 18.5. The largest absolute Gasteiger partial charge is 0.495 e. The molecule has 1 aliphatic heterocycles. The van der Waals surface area contributed by atoms with Crippen LogP contribution in [0.2, 0.25) is 5.02 Å². The van der Waals surface area contributed by atoms with Crippen molar-refractivity contribution in [2.24, 2.45) is 0 Å². The number of anilines is 1. The number of hydrogen-bond donors (Lipinski definition) is 1. The maximum Gasteiger partial charge on any atom is 0.257 e. The summed E-state index contributed by atoms with van der Waals surface area (Å²) < 4.78 is 5.28. The zero-order chi connectivity index (χ0) is 26.6. The molecule has 1 amide bonds. The van der Waals surface area contributed by atoms with Crippen molar-refractivity contribution in [2.45, 2.75) is 51.6 Å². The number of nitriles is 1. The Labute approximate surface area is 229 Å². The number of piperazine rings is 1. The van der Waals surface area contributed by atoms with E-state index in [1.807, 2.05) is 42.2 Å². The minimum Gasteiger partial charge on any atom is -0.495 e. The molecule has 8 heteroatoms. The summed E-state index contributed by atoms with van der Waals surface area (Å²) in [5, 5.41) is 14.5. The molecule has 0 bridgehead atoms. The number of carbonyl (C=O) groups is 1. The van der Waals surface area contributed by atoms with Gasteiger partial charge >= 0.3 is 0 Å². The molecule has 198 valence electrons. The highest BCUT2D eigenvalue weighted by Gasteiger charge is 2.29. The Hall–Kier alpha value is -3.34. The van der Waals surface area contributed by atoms with Gasteiger partial charge in [-0.25, -0.2) is 0 Å². The lowest BCUT2D eigenvalue weighted by atomic mass is 10.00. The third-order valence-electron chi connectivity index (χ3n) is 7.92. The number of rotatable bonds is 7. The predicted molar refractivity (Wildman–Crippen MR) is 151 cm³/mol. The number of amides is 1. The molecule has 38 heavy (non-hydrogen) atoms. The molecule has 0 unspecified atom stereocenters. The van der Waals surface area contributed by atoms with Crippen molar-refractivity contribution in [1.29, 1.82) is 5.26 Å². The van der Waals surface area contributed by atoms with Crippen LogP contribution in [0.4, 0.5) is 5.69 Å². The van der Waals surface area contributed by atoms with Crippen LogP contribution in [-0.4, -0.2) is 60.0 Å².